The van der Waals surface area contributed by atoms with Crippen LogP contribution >= 0.6 is 11.6 Å². The average molecular weight is 289 g/mol. The number of halogens is 1. The molecular formula is C11H13ClN2O3S. The van der Waals surface area contributed by atoms with Crippen molar-refractivity contribution in [2.75, 3.05) is 20.3 Å². The van der Waals surface area contributed by atoms with Crippen molar-refractivity contribution in [3.63, 3.8) is 0 Å². The zero-order valence-corrected chi connectivity index (χ0v) is 11.4. The lowest BCUT2D eigenvalue weighted by atomic mass is 10.2. The van der Waals surface area contributed by atoms with E-state index >= 15 is 0 Å². The molecule has 0 aliphatic heterocycles. The summed E-state index contributed by atoms with van der Waals surface area (Å²) in [5, 5.41) is 8.70. The second kappa shape index (κ2) is 6.71. The number of rotatable bonds is 6. The van der Waals surface area contributed by atoms with Crippen LogP contribution in [0, 0.1) is 11.3 Å². The zero-order chi connectivity index (χ0) is 13.6. The number of nitrogens with one attached hydrogen (secondary N) is 1. The van der Waals surface area contributed by atoms with E-state index in [1.54, 1.807) is 7.11 Å². The standard InChI is InChI=1S/C11H13ClN2O3S/c1-17-6-2-5-14-18(15,16)11-4-3-9(8-13)7-10(11)12/h3-4,7,14H,2,5-6H2,1H3. The maximum atomic E-state index is 11.9. The van der Waals surface area contributed by atoms with Crippen LogP contribution in [0.15, 0.2) is 23.1 Å². The molecule has 0 radical (unpaired) electrons. The first-order valence-electron chi connectivity index (χ1n) is 5.19. The summed E-state index contributed by atoms with van der Waals surface area (Å²) >= 11 is 5.84. The predicted octanol–water partition coefficient (Wildman–Crippen LogP) is 1.53. The highest BCUT2D eigenvalue weighted by molar-refractivity contribution is 7.89. The molecule has 18 heavy (non-hydrogen) atoms. The summed E-state index contributed by atoms with van der Waals surface area (Å²) in [6.45, 7) is 0.746. The van der Waals surface area contributed by atoms with Crippen molar-refractivity contribution in [2.24, 2.45) is 0 Å². The molecule has 5 nitrogen and oxygen atoms in total. The van der Waals surface area contributed by atoms with Crippen LogP contribution < -0.4 is 4.72 Å². The Balaban J connectivity index is 2.82. The van der Waals surface area contributed by atoms with E-state index in [1.807, 2.05) is 6.07 Å². The topological polar surface area (TPSA) is 79.2 Å². The predicted molar refractivity (Wildman–Crippen MR) is 67.8 cm³/mol. The largest absolute Gasteiger partial charge is 0.385 e. The van der Waals surface area contributed by atoms with E-state index in [9.17, 15) is 8.42 Å². The Morgan fingerprint density at radius 1 is 1.50 bits per heavy atom. The van der Waals surface area contributed by atoms with Gasteiger partial charge in [-0.2, -0.15) is 5.26 Å². The van der Waals surface area contributed by atoms with Gasteiger partial charge in [-0.05, 0) is 24.6 Å². The van der Waals surface area contributed by atoms with Crippen molar-refractivity contribution in [1.29, 1.82) is 5.26 Å². The van der Waals surface area contributed by atoms with Crippen molar-refractivity contribution in [1.82, 2.24) is 4.72 Å². The van der Waals surface area contributed by atoms with Gasteiger partial charge < -0.3 is 4.74 Å². The fourth-order valence-corrected chi connectivity index (χ4v) is 2.91. The molecule has 0 aromatic heterocycles. The van der Waals surface area contributed by atoms with E-state index in [4.69, 9.17) is 21.6 Å². The monoisotopic (exact) mass is 288 g/mol. The summed E-state index contributed by atoms with van der Waals surface area (Å²) < 4.78 is 31.0. The Labute approximate surface area is 111 Å². The second-order valence-corrected chi connectivity index (χ2v) is 5.64. The third kappa shape index (κ3) is 3.96. The van der Waals surface area contributed by atoms with Gasteiger partial charge >= 0.3 is 0 Å². The number of benzene rings is 1. The van der Waals surface area contributed by atoms with E-state index in [0.717, 1.165) is 0 Å². The molecule has 0 amide bonds. The molecule has 98 valence electrons. The van der Waals surface area contributed by atoms with Gasteiger partial charge in [-0.25, -0.2) is 13.1 Å². The summed E-state index contributed by atoms with van der Waals surface area (Å²) in [6, 6.07) is 5.95. The van der Waals surface area contributed by atoms with Gasteiger partial charge in [-0.1, -0.05) is 11.6 Å². The van der Waals surface area contributed by atoms with Crippen molar-refractivity contribution >= 4 is 21.6 Å². The molecule has 7 heteroatoms. The molecule has 0 aliphatic carbocycles. The average Bonchev–Trinajstić information content (AvgIpc) is 2.34. The quantitative estimate of drug-likeness (QED) is 0.805. The molecule has 0 heterocycles. The molecule has 0 saturated carbocycles. The molecule has 0 saturated heterocycles. The van der Waals surface area contributed by atoms with Crippen LogP contribution in [0.4, 0.5) is 0 Å². The SMILES string of the molecule is COCCCNS(=O)(=O)c1ccc(C#N)cc1Cl. The van der Waals surface area contributed by atoms with Gasteiger partial charge in [0.1, 0.15) is 4.90 Å². The van der Waals surface area contributed by atoms with Gasteiger partial charge in [-0.15, -0.1) is 0 Å². The Morgan fingerprint density at radius 2 is 2.22 bits per heavy atom. The Hall–Kier alpha value is -1.13. The van der Waals surface area contributed by atoms with Crippen LogP contribution in [0.25, 0.3) is 0 Å². The Kier molecular flexibility index (Phi) is 5.56. The third-order valence-electron chi connectivity index (χ3n) is 2.17. The van der Waals surface area contributed by atoms with Gasteiger partial charge in [0.15, 0.2) is 0 Å². The molecule has 1 N–H and O–H groups in total. The van der Waals surface area contributed by atoms with Crippen LogP contribution in [0.3, 0.4) is 0 Å². The number of nitrogens with zero attached hydrogens (tertiary/aromatic N) is 1. The van der Waals surface area contributed by atoms with Crippen molar-refractivity contribution in [2.45, 2.75) is 11.3 Å². The minimum Gasteiger partial charge on any atom is -0.385 e. The van der Waals surface area contributed by atoms with Crippen LogP contribution in [0.2, 0.25) is 5.02 Å². The Morgan fingerprint density at radius 3 is 2.78 bits per heavy atom. The number of nitriles is 1. The van der Waals surface area contributed by atoms with E-state index in [-0.39, 0.29) is 16.5 Å². The van der Waals surface area contributed by atoms with E-state index in [2.05, 4.69) is 4.72 Å². The Bertz CT molecular complexity index is 552. The molecule has 0 bridgehead atoms. The van der Waals surface area contributed by atoms with Crippen LogP contribution in [-0.2, 0) is 14.8 Å². The van der Waals surface area contributed by atoms with Crippen molar-refractivity contribution in [3.05, 3.63) is 28.8 Å². The fourth-order valence-electron chi connectivity index (χ4n) is 1.29. The first kappa shape index (κ1) is 14.9. The number of hydrogen-bond acceptors (Lipinski definition) is 4. The van der Waals surface area contributed by atoms with Crippen molar-refractivity contribution in [3.8, 4) is 6.07 Å². The molecule has 0 unspecified atom stereocenters. The highest BCUT2D eigenvalue weighted by atomic mass is 35.5. The van der Waals surface area contributed by atoms with Crippen LogP contribution in [0.5, 0.6) is 0 Å². The lowest BCUT2D eigenvalue weighted by Gasteiger charge is -2.08. The zero-order valence-electron chi connectivity index (χ0n) is 9.81. The lowest BCUT2D eigenvalue weighted by molar-refractivity contribution is 0.196. The third-order valence-corrected chi connectivity index (χ3v) is 4.11. The maximum Gasteiger partial charge on any atom is 0.242 e. The molecule has 0 atom stereocenters. The molecule has 0 fully saturated rings. The van der Waals surface area contributed by atoms with Gasteiger partial charge in [0.05, 0.1) is 16.7 Å². The smallest absolute Gasteiger partial charge is 0.242 e. The summed E-state index contributed by atoms with van der Waals surface area (Å²) in [6.07, 6.45) is 0.573. The minimum atomic E-state index is -3.64. The van der Waals surface area contributed by atoms with Gasteiger partial charge in [0, 0.05) is 20.3 Å². The minimum absolute atomic E-state index is 0.0272. The number of ether oxygens (including phenoxy) is 1. The van der Waals surface area contributed by atoms with E-state index in [0.29, 0.717) is 18.6 Å². The number of hydrogen-bond donors (Lipinski definition) is 1. The lowest BCUT2D eigenvalue weighted by Crippen LogP contribution is -2.25. The normalized spacial score (nSPS) is 11.2. The van der Waals surface area contributed by atoms with Gasteiger partial charge in [0.2, 0.25) is 10.0 Å². The van der Waals surface area contributed by atoms with Crippen LogP contribution in [0.1, 0.15) is 12.0 Å². The highest BCUT2D eigenvalue weighted by Crippen LogP contribution is 2.22. The molecule has 1 rings (SSSR count). The summed E-state index contributed by atoms with van der Waals surface area (Å²) in [5.74, 6) is 0. The molecule has 1 aromatic rings. The first-order chi connectivity index (χ1) is 8.51. The first-order valence-corrected chi connectivity index (χ1v) is 7.05. The summed E-state index contributed by atoms with van der Waals surface area (Å²) in [5.41, 5.74) is 0.318. The summed E-state index contributed by atoms with van der Waals surface area (Å²) in [7, 11) is -2.10. The number of sulfonamides is 1. The van der Waals surface area contributed by atoms with Crippen molar-refractivity contribution < 1.29 is 13.2 Å². The number of methoxy groups -OCH3 is 1. The van der Waals surface area contributed by atoms with Gasteiger partial charge in [-0.3, -0.25) is 0 Å². The maximum absolute atomic E-state index is 11.9. The van der Waals surface area contributed by atoms with E-state index < -0.39 is 10.0 Å². The highest BCUT2D eigenvalue weighted by Gasteiger charge is 2.17. The second-order valence-electron chi connectivity index (χ2n) is 3.50. The fraction of sp³-hybridized carbons (Fsp3) is 0.364. The summed E-state index contributed by atoms with van der Waals surface area (Å²) in [4.78, 5) is -0.0272. The molecule has 0 spiro atoms. The molecule has 0 aliphatic rings. The molecular weight excluding hydrogens is 276 g/mol. The van der Waals surface area contributed by atoms with Crippen LogP contribution in [-0.4, -0.2) is 28.7 Å². The van der Waals surface area contributed by atoms with E-state index in [1.165, 1.54) is 18.2 Å². The molecule has 1 aromatic carbocycles. The van der Waals surface area contributed by atoms with Gasteiger partial charge in [0.25, 0.3) is 0 Å².